The van der Waals surface area contributed by atoms with E-state index in [0.29, 0.717) is 29.4 Å². The second-order valence-corrected chi connectivity index (χ2v) is 6.22. The Morgan fingerprint density at radius 2 is 2.04 bits per heavy atom. The van der Waals surface area contributed by atoms with E-state index in [-0.39, 0.29) is 35.9 Å². The SMILES string of the molecule is Cc1nc2ccc(O)cc2c(=O)n1CC(=O)NCc1ccc2c(c1)OCO2. The highest BCUT2D eigenvalue weighted by molar-refractivity contribution is 5.80. The predicted octanol–water partition coefficient (Wildman–Crippen LogP) is 1.46. The number of amides is 1. The van der Waals surface area contributed by atoms with Gasteiger partial charge in [-0.2, -0.15) is 0 Å². The zero-order valence-electron chi connectivity index (χ0n) is 14.6. The Morgan fingerprint density at radius 3 is 2.89 bits per heavy atom. The lowest BCUT2D eigenvalue weighted by atomic mass is 10.2. The van der Waals surface area contributed by atoms with Crippen LogP contribution in [0.3, 0.4) is 0 Å². The van der Waals surface area contributed by atoms with Crippen molar-refractivity contribution in [2.75, 3.05) is 6.79 Å². The van der Waals surface area contributed by atoms with Gasteiger partial charge in [0.2, 0.25) is 12.7 Å². The number of aromatic hydroxyl groups is 1. The molecule has 0 radical (unpaired) electrons. The molecule has 3 aromatic rings. The Kier molecular flexibility index (Phi) is 4.15. The molecular formula is C19H17N3O5. The number of aromatic nitrogens is 2. The first-order chi connectivity index (χ1) is 13.0. The molecule has 1 amide bonds. The molecule has 2 aromatic carbocycles. The largest absolute Gasteiger partial charge is 0.508 e. The Bertz CT molecular complexity index is 1110. The number of ether oxygens (including phenoxy) is 2. The molecule has 0 aliphatic carbocycles. The monoisotopic (exact) mass is 367 g/mol. The summed E-state index contributed by atoms with van der Waals surface area (Å²) in [4.78, 5) is 29.3. The number of phenols is 1. The van der Waals surface area contributed by atoms with Gasteiger partial charge in [-0.25, -0.2) is 4.98 Å². The van der Waals surface area contributed by atoms with Crippen molar-refractivity contribution in [3.63, 3.8) is 0 Å². The average Bonchev–Trinajstić information content (AvgIpc) is 3.12. The predicted molar refractivity (Wildman–Crippen MR) is 96.8 cm³/mol. The first kappa shape index (κ1) is 16.9. The first-order valence-corrected chi connectivity index (χ1v) is 8.36. The van der Waals surface area contributed by atoms with Crippen molar-refractivity contribution >= 4 is 16.8 Å². The summed E-state index contributed by atoms with van der Waals surface area (Å²) in [5, 5.41) is 12.6. The van der Waals surface area contributed by atoms with Crippen molar-refractivity contribution < 1.29 is 19.4 Å². The zero-order valence-corrected chi connectivity index (χ0v) is 14.6. The molecular weight excluding hydrogens is 350 g/mol. The fourth-order valence-electron chi connectivity index (χ4n) is 2.96. The normalized spacial score (nSPS) is 12.3. The van der Waals surface area contributed by atoms with Crippen LogP contribution in [-0.2, 0) is 17.9 Å². The molecule has 138 valence electrons. The zero-order chi connectivity index (χ0) is 19.0. The summed E-state index contributed by atoms with van der Waals surface area (Å²) < 4.78 is 11.9. The number of hydrogen-bond acceptors (Lipinski definition) is 6. The van der Waals surface area contributed by atoms with Crippen LogP contribution in [0.5, 0.6) is 17.2 Å². The third kappa shape index (κ3) is 3.29. The van der Waals surface area contributed by atoms with Crippen molar-refractivity contribution in [3.8, 4) is 17.2 Å². The van der Waals surface area contributed by atoms with Gasteiger partial charge in [-0.3, -0.25) is 14.2 Å². The van der Waals surface area contributed by atoms with E-state index in [1.807, 2.05) is 6.07 Å². The minimum absolute atomic E-state index is 0.0240. The van der Waals surface area contributed by atoms with Gasteiger partial charge in [0, 0.05) is 6.54 Å². The lowest BCUT2D eigenvalue weighted by molar-refractivity contribution is -0.121. The molecule has 27 heavy (non-hydrogen) atoms. The maximum Gasteiger partial charge on any atom is 0.261 e. The van der Waals surface area contributed by atoms with Crippen molar-refractivity contribution in [2.24, 2.45) is 0 Å². The lowest BCUT2D eigenvalue weighted by Gasteiger charge is -2.11. The third-order valence-corrected chi connectivity index (χ3v) is 4.36. The minimum Gasteiger partial charge on any atom is -0.508 e. The van der Waals surface area contributed by atoms with Gasteiger partial charge in [0.1, 0.15) is 18.1 Å². The molecule has 1 aliphatic rings. The van der Waals surface area contributed by atoms with E-state index in [9.17, 15) is 14.7 Å². The molecule has 1 aliphatic heterocycles. The van der Waals surface area contributed by atoms with Crippen LogP contribution in [0.15, 0.2) is 41.2 Å². The van der Waals surface area contributed by atoms with Gasteiger partial charge >= 0.3 is 0 Å². The Labute approximate surface area is 154 Å². The molecule has 0 bridgehead atoms. The van der Waals surface area contributed by atoms with Crippen molar-refractivity contribution in [2.45, 2.75) is 20.0 Å². The third-order valence-electron chi connectivity index (χ3n) is 4.36. The van der Waals surface area contributed by atoms with Crippen molar-refractivity contribution in [1.82, 2.24) is 14.9 Å². The van der Waals surface area contributed by atoms with Gasteiger partial charge in [-0.15, -0.1) is 0 Å². The maximum absolute atomic E-state index is 12.6. The van der Waals surface area contributed by atoms with E-state index in [1.165, 1.54) is 16.7 Å². The Morgan fingerprint density at radius 1 is 1.22 bits per heavy atom. The number of nitrogens with one attached hydrogen (secondary N) is 1. The minimum atomic E-state index is -0.369. The highest BCUT2D eigenvalue weighted by Crippen LogP contribution is 2.32. The van der Waals surface area contributed by atoms with Crippen LogP contribution in [-0.4, -0.2) is 27.4 Å². The number of nitrogens with zero attached hydrogens (tertiary/aromatic N) is 2. The number of carbonyl (C=O) groups is 1. The lowest BCUT2D eigenvalue weighted by Crippen LogP contribution is -2.33. The maximum atomic E-state index is 12.6. The van der Waals surface area contributed by atoms with E-state index in [4.69, 9.17) is 9.47 Å². The van der Waals surface area contributed by atoms with Crippen molar-refractivity contribution in [1.29, 1.82) is 0 Å². The van der Waals surface area contributed by atoms with Gasteiger partial charge in [0.05, 0.1) is 10.9 Å². The smallest absolute Gasteiger partial charge is 0.261 e. The Balaban J connectivity index is 1.50. The summed E-state index contributed by atoms with van der Waals surface area (Å²) in [5.41, 5.74) is 0.970. The van der Waals surface area contributed by atoms with Crippen LogP contribution in [0.4, 0.5) is 0 Å². The van der Waals surface area contributed by atoms with Gasteiger partial charge in [0.15, 0.2) is 11.5 Å². The van der Waals surface area contributed by atoms with Crippen LogP contribution in [0.2, 0.25) is 0 Å². The average molecular weight is 367 g/mol. The van der Waals surface area contributed by atoms with Gasteiger partial charge < -0.3 is 19.9 Å². The quantitative estimate of drug-likeness (QED) is 0.724. The highest BCUT2D eigenvalue weighted by atomic mass is 16.7. The molecule has 0 spiro atoms. The first-order valence-electron chi connectivity index (χ1n) is 8.36. The summed E-state index contributed by atoms with van der Waals surface area (Å²) in [6.07, 6.45) is 0. The van der Waals surface area contributed by atoms with Crippen LogP contribution in [0.1, 0.15) is 11.4 Å². The molecule has 0 atom stereocenters. The van der Waals surface area contributed by atoms with E-state index in [0.717, 1.165) is 5.56 Å². The molecule has 2 heterocycles. The second-order valence-electron chi connectivity index (χ2n) is 6.22. The molecule has 0 unspecified atom stereocenters. The molecule has 2 N–H and O–H groups in total. The fraction of sp³-hybridized carbons (Fsp3) is 0.211. The molecule has 4 rings (SSSR count). The summed E-state index contributed by atoms with van der Waals surface area (Å²) in [5.74, 6) is 1.41. The summed E-state index contributed by atoms with van der Waals surface area (Å²) >= 11 is 0. The van der Waals surface area contributed by atoms with Crippen LogP contribution < -0.4 is 20.3 Å². The molecule has 0 fully saturated rings. The molecule has 0 saturated heterocycles. The van der Waals surface area contributed by atoms with Crippen LogP contribution in [0.25, 0.3) is 10.9 Å². The highest BCUT2D eigenvalue weighted by Gasteiger charge is 2.15. The van der Waals surface area contributed by atoms with E-state index >= 15 is 0 Å². The number of carbonyl (C=O) groups excluding carboxylic acids is 1. The number of benzene rings is 2. The fourth-order valence-corrected chi connectivity index (χ4v) is 2.96. The number of phenolic OH excluding ortho intramolecular Hbond substituents is 1. The topological polar surface area (TPSA) is 103 Å². The molecule has 8 heteroatoms. The number of fused-ring (bicyclic) bond motifs is 2. The van der Waals surface area contributed by atoms with Gasteiger partial charge in [-0.1, -0.05) is 6.07 Å². The number of hydrogen-bond donors (Lipinski definition) is 2. The summed E-state index contributed by atoms with van der Waals surface area (Å²) in [7, 11) is 0. The van der Waals surface area contributed by atoms with Gasteiger partial charge in [0.25, 0.3) is 5.56 Å². The standard InChI is InChI=1S/C19H17N3O5/c1-11-21-15-4-3-13(23)7-14(15)19(25)22(11)9-18(24)20-8-12-2-5-16-17(6-12)27-10-26-16/h2-7,23H,8-10H2,1H3,(H,20,24). The van der Waals surface area contributed by atoms with E-state index < -0.39 is 0 Å². The number of aryl methyl sites for hydroxylation is 1. The van der Waals surface area contributed by atoms with E-state index in [1.54, 1.807) is 25.1 Å². The van der Waals surface area contributed by atoms with E-state index in [2.05, 4.69) is 10.3 Å². The second kappa shape index (κ2) is 6.64. The van der Waals surface area contributed by atoms with Crippen LogP contribution in [0, 0.1) is 6.92 Å². The summed E-state index contributed by atoms with van der Waals surface area (Å²) in [6, 6.07) is 9.83. The van der Waals surface area contributed by atoms with Gasteiger partial charge in [-0.05, 0) is 42.8 Å². The Hall–Kier alpha value is -3.55. The molecule has 0 saturated carbocycles. The van der Waals surface area contributed by atoms with Crippen LogP contribution >= 0.6 is 0 Å². The molecule has 8 nitrogen and oxygen atoms in total. The number of rotatable bonds is 4. The molecule has 1 aromatic heterocycles. The van der Waals surface area contributed by atoms with Crippen molar-refractivity contribution in [3.05, 3.63) is 58.1 Å². The summed E-state index contributed by atoms with van der Waals surface area (Å²) in [6.45, 7) is 2.00.